The van der Waals surface area contributed by atoms with Gasteiger partial charge in [-0.05, 0) is 29.1 Å². The van der Waals surface area contributed by atoms with Gasteiger partial charge >= 0.3 is 0 Å². The first-order valence-corrected chi connectivity index (χ1v) is 11.4. The number of ether oxygens (including phenoxy) is 1. The van der Waals surface area contributed by atoms with Crippen molar-refractivity contribution < 1.29 is 22.4 Å². The largest absolute Gasteiger partial charge is 0.438 e. The highest BCUT2D eigenvalue weighted by molar-refractivity contribution is 7.89. The van der Waals surface area contributed by atoms with Crippen molar-refractivity contribution in [3.8, 4) is 0 Å². The number of benzene rings is 1. The standard InChI is InChI=1S/C20H20N2O5S2/c23-20(21-19(17-7-4-14-28-17)15-5-2-1-3-6-15)16-8-9-18(27-16)29(24,25)22-10-12-26-13-11-22/h1-9,14,19H,10-13H2,(H,21,23). The molecule has 7 nitrogen and oxygen atoms in total. The molecule has 1 aliphatic heterocycles. The Bertz CT molecular complexity index is 1060. The molecule has 0 radical (unpaired) electrons. The number of nitrogens with zero attached hydrogens (tertiary/aromatic N) is 1. The van der Waals surface area contributed by atoms with Crippen molar-refractivity contribution in [2.45, 2.75) is 11.1 Å². The number of furan rings is 1. The molecule has 1 saturated heterocycles. The summed E-state index contributed by atoms with van der Waals surface area (Å²) >= 11 is 1.53. The average molecular weight is 433 g/mol. The predicted molar refractivity (Wildman–Crippen MR) is 108 cm³/mol. The molecule has 1 amide bonds. The third-order valence-corrected chi connectivity index (χ3v) is 7.32. The number of thiophene rings is 1. The predicted octanol–water partition coefficient (Wildman–Crippen LogP) is 2.88. The smallest absolute Gasteiger partial charge is 0.287 e. The summed E-state index contributed by atoms with van der Waals surface area (Å²) in [5.74, 6) is -0.523. The monoisotopic (exact) mass is 432 g/mol. The third-order valence-electron chi connectivity index (χ3n) is 4.61. The molecule has 0 spiro atoms. The van der Waals surface area contributed by atoms with Crippen LogP contribution < -0.4 is 5.32 Å². The zero-order valence-corrected chi connectivity index (χ0v) is 17.1. The minimum Gasteiger partial charge on any atom is -0.438 e. The molecular weight excluding hydrogens is 412 g/mol. The Morgan fingerprint density at radius 1 is 1.03 bits per heavy atom. The molecule has 9 heteroatoms. The van der Waals surface area contributed by atoms with Gasteiger partial charge in [-0.25, -0.2) is 8.42 Å². The summed E-state index contributed by atoms with van der Waals surface area (Å²) in [6, 6.07) is 15.8. The van der Waals surface area contributed by atoms with Crippen molar-refractivity contribution in [3.05, 3.63) is 76.2 Å². The van der Waals surface area contributed by atoms with E-state index in [0.29, 0.717) is 13.2 Å². The number of rotatable bonds is 6. The van der Waals surface area contributed by atoms with Crippen LogP contribution >= 0.6 is 11.3 Å². The van der Waals surface area contributed by atoms with Gasteiger partial charge in [0.15, 0.2) is 5.76 Å². The maximum absolute atomic E-state index is 12.8. The highest BCUT2D eigenvalue weighted by Gasteiger charge is 2.30. The van der Waals surface area contributed by atoms with Crippen LogP contribution in [0.1, 0.15) is 27.0 Å². The number of amides is 1. The van der Waals surface area contributed by atoms with Gasteiger partial charge in [0, 0.05) is 18.0 Å². The van der Waals surface area contributed by atoms with E-state index in [-0.39, 0.29) is 30.0 Å². The van der Waals surface area contributed by atoms with Crippen LogP contribution in [0.3, 0.4) is 0 Å². The van der Waals surface area contributed by atoms with Crippen molar-refractivity contribution in [1.82, 2.24) is 9.62 Å². The molecular formula is C20H20N2O5S2. The molecule has 0 bridgehead atoms. The number of morpholine rings is 1. The van der Waals surface area contributed by atoms with Gasteiger partial charge in [0.2, 0.25) is 5.09 Å². The molecule has 1 fully saturated rings. The lowest BCUT2D eigenvalue weighted by atomic mass is 10.1. The molecule has 1 aliphatic rings. The van der Waals surface area contributed by atoms with Gasteiger partial charge in [0.25, 0.3) is 15.9 Å². The number of carbonyl (C=O) groups is 1. The van der Waals surface area contributed by atoms with Crippen molar-refractivity contribution in [2.24, 2.45) is 0 Å². The number of hydrogen-bond acceptors (Lipinski definition) is 6. The van der Waals surface area contributed by atoms with Gasteiger partial charge in [-0.15, -0.1) is 11.3 Å². The quantitative estimate of drug-likeness (QED) is 0.647. The van der Waals surface area contributed by atoms with Crippen LogP contribution in [-0.2, 0) is 14.8 Å². The molecule has 29 heavy (non-hydrogen) atoms. The Balaban J connectivity index is 1.55. The average Bonchev–Trinajstić information content (AvgIpc) is 3.46. The Morgan fingerprint density at radius 3 is 2.48 bits per heavy atom. The molecule has 1 N–H and O–H groups in total. The third kappa shape index (κ3) is 4.27. The van der Waals surface area contributed by atoms with Crippen molar-refractivity contribution >= 4 is 27.3 Å². The van der Waals surface area contributed by atoms with Crippen molar-refractivity contribution in [1.29, 1.82) is 0 Å². The maximum atomic E-state index is 12.8. The van der Waals surface area contributed by atoms with E-state index in [4.69, 9.17) is 9.15 Å². The van der Waals surface area contributed by atoms with Gasteiger partial charge in [0.1, 0.15) is 0 Å². The van der Waals surface area contributed by atoms with Crippen LogP contribution in [0.4, 0.5) is 0 Å². The summed E-state index contributed by atoms with van der Waals surface area (Å²) in [6.07, 6.45) is 0. The van der Waals surface area contributed by atoms with E-state index in [9.17, 15) is 13.2 Å². The first kappa shape index (κ1) is 19.8. The Hall–Kier alpha value is -2.46. The molecule has 1 atom stereocenters. The van der Waals surface area contributed by atoms with E-state index in [0.717, 1.165) is 10.4 Å². The van der Waals surface area contributed by atoms with Gasteiger partial charge in [-0.1, -0.05) is 36.4 Å². The first-order chi connectivity index (χ1) is 14.1. The molecule has 152 valence electrons. The number of hydrogen-bond donors (Lipinski definition) is 1. The summed E-state index contributed by atoms with van der Waals surface area (Å²) in [6.45, 7) is 1.21. The Morgan fingerprint density at radius 2 is 1.79 bits per heavy atom. The van der Waals surface area contributed by atoms with Crippen LogP contribution in [0.5, 0.6) is 0 Å². The Kier molecular flexibility index (Phi) is 5.81. The summed E-state index contributed by atoms with van der Waals surface area (Å²) in [5, 5.41) is 4.65. The highest BCUT2D eigenvalue weighted by Crippen LogP contribution is 2.27. The van der Waals surface area contributed by atoms with Crippen molar-refractivity contribution in [2.75, 3.05) is 26.3 Å². The maximum Gasteiger partial charge on any atom is 0.287 e. The Labute approximate surface area is 173 Å². The fourth-order valence-electron chi connectivity index (χ4n) is 3.12. The second-order valence-corrected chi connectivity index (χ2v) is 9.32. The molecule has 0 aliphatic carbocycles. The molecule has 4 rings (SSSR count). The fourth-order valence-corrected chi connectivity index (χ4v) is 5.24. The van der Waals surface area contributed by atoms with E-state index in [1.165, 1.54) is 27.8 Å². The fraction of sp³-hybridized carbons (Fsp3) is 0.250. The summed E-state index contributed by atoms with van der Waals surface area (Å²) in [4.78, 5) is 13.8. The second kappa shape index (κ2) is 8.50. The zero-order chi connectivity index (χ0) is 20.3. The van der Waals surface area contributed by atoms with Crippen LogP contribution in [0.25, 0.3) is 0 Å². The molecule has 1 aromatic carbocycles. The van der Waals surface area contributed by atoms with Crippen LogP contribution in [0.2, 0.25) is 0 Å². The van der Waals surface area contributed by atoms with Crippen LogP contribution in [0.15, 0.2) is 69.5 Å². The number of sulfonamides is 1. The lowest BCUT2D eigenvalue weighted by Crippen LogP contribution is -2.40. The molecule has 2 aromatic heterocycles. The van der Waals surface area contributed by atoms with E-state index in [2.05, 4.69) is 5.32 Å². The first-order valence-electron chi connectivity index (χ1n) is 9.12. The minimum atomic E-state index is -3.79. The topological polar surface area (TPSA) is 88.9 Å². The lowest BCUT2D eigenvalue weighted by molar-refractivity contribution is 0.0722. The van der Waals surface area contributed by atoms with Crippen LogP contribution in [0, 0.1) is 0 Å². The lowest BCUT2D eigenvalue weighted by Gasteiger charge is -2.24. The van der Waals surface area contributed by atoms with E-state index in [1.54, 1.807) is 0 Å². The summed E-state index contributed by atoms with van der Waals surface area (Å²) in [7, 11) is -3.79. The summed E-state index contributed by atoms with van der Waals surface area (Å²) in [5.41, 5.74) is 0.927. The van der Waals surface area contributed by atoms with E-state index >= 15 is 0 Å². The van der Waals surface area contributed by atoms with Crippen molar-refractivity contribution in [3.63, 3.8) is 0 Å². The van der Waals surface area contributed by atoms with Gasteiger partial charge in [-0.2, -0.15) is 4.31 Å². The highest BCUT2D eigenvalue weighted by atomic mass is 32.2. The second-order valence-electron chi connectivity index (χ2n) is 6.47. The normalized spacial score (nSPS) is 16.4. The summed E-state index contributed by atoms with van der Waals surface area (Å²) < 4.78 is 37.3. The van der Waals surface area contributed by atoms with Crippen LogP contribution in [-0.4, -0.2) is 44.9 Å². The molecule has 3 aromatic rings. The molecule has 3 heterocycles. The molecule has 0 saturated carbocycles. The van der Waals surface area contributed by atoms with Gasteiger partial charge < -0.3 is 14.5 Å². The van der Waals surface area contributed by atoms with Gasteiger partial charge in [0.05, 0.1) is 19.3 Å². The number of nitrogens with one attached hydrogen (secondary N) is 1. The van der Waals surface area contributed by atoms with Gasteiger partial charge in [-0.3, -0.25) is 4.79 Å². The minimum absolute atomic E-state index is 0.0469. The number of carbonyl (C=O) groups excluding carboxylic acids is 1. The van der Waals surface area contributed by atoms with E-state index < -0.39 is 15.9 Å². The molecule has 1 unspecified atom stereocenters. The zero-order valence-electron chi connectivity index (χ0n) is 15.5. The van der Waals surface area contributed by atoms with E-state index in [1.807, 2.05) is 47.8 Å². The SMILES string of the molecule is O=C(NC(c1ccccc1)c1cccs1)c1ccc(S(=O)(=O)N2CCOCC2)o1.